The predicted octanol–water partition coefficient (Wildman–Crippen LogP) is 3.14. The molecule has 3 aromatic rings. The van der Waals surface area contributed by atoms with Gasteiger partial charge >= 0.3 is 0 Å². The molecule has 24 heavy (non-hydrogen) atoms. The van der Waals surface area contributed by atoms with Gasteiger partial charge in [0.15, 0.2) is 0 Å². The monoisotopic (exact) mass is 338 g/mol. The number of imidazole rings is 1. The van der Waals surface area contributed by atoms with E-state index < -0.39 is 4.92 Å². The number of nitro groups is 1. The van der Waals surface area contributed by atoms with Crippen molar-refractivity contribution in [3.05, 3.63) is 82.2 Å². The van der Waals surface area contributed by atoms with Crippen LogP contribution >= 0.6 is 12.2 Å². The number of thiocarbonyl (C=S) groups is 1. The summed E-state index contributed by atoms with van der Waals surface area (Å²) in [6.07, 6.45) is 3.51. The molecule has 6 nitrogen and oxygen atoms in total. The van der Waals surface area contributed by atoms with Crippen molar-refractivity contribution in [1.29, 1.82) is 0 Å². The van der Waals surface area contributed by atoms with Crippen molar-refractivity contribution >= 4 is 22.9 Å². The Hall–Kier alpha value is -3.06. The first-order valence-corrected chi connectivity index (χ1v) is 7.60. The Labute approximate surface area is 143 Å². The second kappa shape index (κ2) is 6.59. The van der Waals surface area contributed by atoms with Gasteiger partial charge in [0, 0.05) is 42.2 Å². The highest BCUT2D eigenvalue weighted by molar-refractivity contribution is 7.80. The van der Waals surface area contributed by atoms with Gasteiger partial charge in [-0.3, -0.25) is 10.1 Å². The van der Waals surface area contributed by atoms with E-state index in [9.17, 15) is 10.1 Å². The van der Waals surface area contributed by atoms with Crippen LogP contribution in [-0.2, 0) is 6.54 Å². The van der Waals surface area contributed by atoms with Gasteiger partial charge in [-0.25, -0.2) is 4.98 Å². The van der Waals surface area contributed by atoms with E-state index in [1.165, 1.54) is 12.1 Å². The van der Waals surface area contributed by atoms with E-state index in [0.717, 1.165) is 11.1 Å². The molecule has 0 radical (unpaired) electrons. The molecule has 0 aliphatic heterocycles. The molecule has 3 rings (SSSR count). The number of benzene rings is 2. The van der Waals surface area contributed by atoms with Crippen molar-refractivity contribution in [2.75, 3.05) is 0 Å². The molecule has 7 heteroatoms. The highest BCUT2D eigenvalue weighted by atomic mass is 32.1. The highest BCUT2D eigenvalue weighted by Gasteiger charge is 2.11. The minimum absolute atomic E-state index is 0.0394. The molecule has 0 bridgehead atoms. The molecule has 0 spiro atoms. The zero-order chi connectivity index (χ0) is 17.1. The minimum Gasteiger partial charge on any atom is -0.389 e. The van der Waals surface area contributed by atoms with Gasteiger partial charge in [0.05, 0.1) is 4.92 Å². The Kier molecular flexibility index (Phi) is 4.35. The quantitative estimate of drug-likeness (QED) is 0.439. The second-order valence-electron chi connectivity index (χ2n) is 5.25. The summed E-state index contributed by atoms with van der Waals surface area (Å²) in [5.41, 5.74) is 8.23. The Morgan fingerprint density at radius 3 is 2.79 bits per heavy atom. The van der Waals surface area contributed by atoms with Crippen LogP contribution in [0.1, 0.15) is 11.1 Å². The lowest BCUT2D eigenvalue weighted by molar-refractivity contribution is -0.384. The van der Waals surface area contributed by atoms with Crippen LogP contribution in [0.3, 0.4) is 0 Å². The normalized spacial score (nSPS) is 10.5. The fourth-order valence-electron chi connectivity index (χ4n) is 2.48. The van der Waals surface area contributed by atoms with Gasteiger partial charge in [-0.2, -0.15) is 0 Å². The Morgan fingerprint density at radius 1 is 1.25 bits per heavy atom. The number of nitrogens with two attached hydrogens (primary N) is 1. The summed E-state index contributed by atoms with van der Waals surface area (Å²) in [4.78, 5) is 15.2. The van der Waals surface area contributed by atoms with E-state index >= 15 is 0 Å². The third-order valence-corrected chi connectivity index (χ3v) is 3.83. The van der Waals surface area contributed by atoms with Gasteiger partial charge in [0.25, 0.3) is 5.69 Å². The summed E-state index contributed by atoms with van der Waals surface area (Å²) in [5, 5.41) is 11.0. The van der Waals surface area contributed by atoms with Gasteiger partial charge in [-0.05, 0) is 11.6 Å². The molecule has 0 aliphatic rings. The summed E-state index contributed by atoms with van der Waals surface area (Å²) < 4.78 is 1.93. The highest BCUT2D eigenvalue weighted by Crippen LogP contribution is 2.23. The average molecular weight is 338 g/mol. The molecule has 0 aliphatic carbocycles. The van der Waals surface area contributed by atoms with Crippen molar-refractivity contribution < 1.29 is 4.92 Å². The fourth-order valence-corrected chi connectivity index (χ4v) is 2.60. The lowest BCUT2D eigenvalue weighted by Crippen LogP contribution is -2.10. The number of hydrogen-bond donors (Lipinski definition) is 1. The molecular weight excluding hydrogens is 324 g/mol. The predicted molar refractivity (Wildman–Crippen MR) is 95.7 cm³/mol. The summed E-state index contributed by atoms with van der Waals surface area (Å²) in [7, 11) is 0. The lowest BCUT2D eigenvalue weighted by atomic mass is 10.1. The van der Waals surface area contributed by atoms with Crippen molar-refractivity contribution in [2.45, 2.75) is 6.54 Å². The number of nitrogens with zero attached hydrogens (tertiary/aromatic N) is 3. The Bertz CT molecular complexity index is 920. The van der Waals surface area contributed by atoms with E-state index in [2.05, 4.69) is 4.98 Å². The maximum absolute atomic E-state index is 11.0. The average Bonchev–Trinajstić information content (AvgIpc) is 3.03. The molecule has 0 atom stereocenters. The number of non-ortho nitro benzene ring substituents is 1. The van der Waals surface area contributed by atoms with Crippen molar-refractivity contribution in [3.63, 3.8) is 0 Å². The van der Waals surface area contributed by atoms with Crippen LogP contribution < -0.4 is 5.73 Å². The number of hydrogen-bond acceptors (Lipinski definition) is 4. The molecule has 120 valence electrons. The van der Waals surface area contributed by atoms with E-state index in [1.807, 2.05) is 35.0 Å². The number of aromatic nitrogens is 2. The van der Waals surface area contributed by atoms with Crippen LogP contribution in [0.25, 0.3) is 11.4 Å². The smallest absolute Gasteiger partial charge is 0.270 e. The molecule has 0 unspecified atom stereocenters. The molecule has 0 saturated carbocycles. The fraction of sp³-hybridized carbons (Fsp3) is 0.0588. The van der Waals surface area contributed by atoms with E-state index in [4.69, 9.17) is 18.0 Å². The molecule has 0 saturated heterocycles. The maximum Gasteiger partial charge on any atom is 0.270 e. The lowest BCUT2D eigenvalue weighted by Gasteiger charge is -2.09. The zero-order valence-corrected chi connectivity index (χ0v) is 13.4. The van der Waals surface area contributed by atoms with Gasteiger partial charge in [-0.1, -0.05) is 42.5 Å². The zero-order valence-electron chi connectivity index (χ0n) is 12.6. The summed E-state index contributed by atoms with van der Waals surface area (Å²) in [6.45, 7) is 0.564. The summed E-state index contributed by atoms with van der Waals surface area (Å²) in [6, 6.07) is 14.1. The largest absolute Gasteiger partial charge is 0.389 e. The van der Waals surface area contributed by atoms with Gasteiger partial charge < -0.3 is 10.3 Å². The Morgan fingerprint density at radius 2 is 2.04 bits per heavy atom. The molecular formula is C17H14N4O2S. The van der Waals surface area contributed by atoms with Crippen molar-refractivity contribution in [1.82, 2.24) is 9.55 Å². The first-order chi connectivity index (χ1) is 11.5. The summed E-state index contributed by atoms with van der Waals surface area (Å²) >= 11 is 5.01. The second-order valence-corrected chi connectivity index (χ2v) is 5.69. The van der Waals surface area contributed by atoms with Crippen LogP contribution in [-0.4, -0.2) is 19.5 Å². The van der Waals surface area contributed by atoms with E-state index in [-0.39, 0.29) is 5.69 Å². The van der Waals surface area contributed by atoms with Crippen LogP contribution in [0.4, 0.5) is 5.69 Å². The molecule has 1 aromatic heterocycles. The van der Waals surface area contributed by atoms with E-state index in [1.54, 1.807) is 18.3 Å². The summed E-state index contributed by atoms with van der Waals surface area (Å²) in [5.74, 6) is 0.666. The number of rotatable bonds is 5. The van der Waals surface area contributed by atoms with Crippen molar-refractivity contribution in [2.24, 2.45) is 5.73 Å². The van der Waals surface area contributed by atoms with Crippen LogP contribution in [0.15, 0.2) is 60.9 Å². The maximum atomic E-state index is 11.0. The van der Waals surface area contributed by atoms with Gasteiger partial charge in [-0.15, -0.1) is 0 Å². The molecule has 2 N–H and O–H groups in total. The SMILES string of the molecule is NC(=S)c1cccc(Cn2ccnc2-c2cccc([N+](=O)[O-])c2)c1. The molecule has 1 heterocycles. The van der Waals surface area contributed by atoms with Crippen molar-refractivity contribution in [3.8, 4) is 11.4 Å². The number of nitro benzene ring substituents is 1. The van der Waals surface area contributed by atoms with Crippen LogP contribution in [0.5, 0.6) is 0 Å². The Balaban J connectivity index is 1.94. The molecule has 0 amide bonds. The third-order valence-electron chi connectivity index (χ3n) is 3.60. The molecule has 0 fully saturated rings. The first-order valence-electron chi connectivity index (χ1n) is 7.19. The minimum atomic E-state index is -0.414. The third kappa shape index (κ3) is 3.31. The van der Waals surface area contributed by atoms with E-state index in [0.29, 0.717) is 22.9 Å². The van der Waals surface area contributed by atoms with Crippen LogP contribution in [0.2, 0.25) is 0 Å². The first kappa shape index (κ1) is 15.8. The van der Waals surface area contributed by atoms with Gasteiger partial charge in [0.2, 0.25) is 0 Å². The molecule has 2 aromatic carbocycles. The van der Waals surface area contributed by atoms with Crippen LogP contribution in [0, 0.1) is 10.1 Å². The topological polar surface area (TPSA) is 87.0 Å². The standard InChI is InChI=1S/C17H14N4O2S/c18-16(24)13-4-1-3-12(9-13)11-20-8-7-19-17(20)14-5-2-6-15(10-14)21(22)23/h1-10H,11H2,(H2,18,24). The van der Waals surface area contributed by atoms with Gasteiger partial charge in [0.1, 0.15) is 10.8 Å².